The summed E-state index contributed by atoms with van der Waals surface area (Å²) in [4.78, 5) is 20.4. The van der Waals surface area contributed by atoms with Gasteiger partial charge in [0.1, 0.15) is 9.88 Å². The predicted octanol–water partition coefficient (Wildman–Crippen LogP) is 3.17. The Kier molecular flexibility index (Phi) is 2.83. The smallest absolute Gasteiger partial charge is 0.347 e. The van der Waals surface area contributed by atoms with Gasteiger partial charge in [0, 0.05) is 12.1 Å². The molecule has 0 radical (unpaired) electrons. The minimum Gasteiger partial charge on any atom is -0.477 e. The summed E-state index contributed by atoms with van der Waals surface area (Å²) < 4.78 is 0. The van der Waals surface area contributed by atoms with Crippen LogP contribution in [-0.2, 0) is 0 Å². The molecule has 2 aromatic rings. The molecule has 0 aromatic carbocycles. The Hall–Kier alpha value is -1.75. The van der Waals surface area contributed by atoms with Crippen molar-refractivity contribution in [2.24, 2.45) is 0 Å². The molecule has 5 heteroatoms. The maximum atomic E-state index is 11.3. The minimum atomic E-state index is -0.878. The van der Waals surface area contributed by atoms with E-state index in [1.807, 2.05) is 18.2 Å². The molecule has 2 heterocycles. The van der Waals surface area contributed by atoms with Crippen LogP contribution in [0.3, 0.4) is 0 Å². The number of aromatic nitrogens is 2. The maximum absolute atomic E-state index is 11.3. The van der Waals surface area contributed by atoms with Gasteiger partial charge in [0.25, 0.3) is 0 Å². The number of pyridine rings is 1. The van der Waals surface area contributed by atoms with Gasteiger partial charge in [-0.2, -0.15) is 0 Å². The van der Waals surface area contributed by atoms with Gasteiger partial charge in [0.2, 0.25) is 0 Å². The van der Waals surface area contributed by atoms with Crippen LogP contribution < -0.4 is 0 Å². The first kappa shape index (κ1) is 11.3. The molecule has 0 atom stereocenters. The molecule has 1 aliphatic carbocycles. The average Bonchev–Trinajstić information content (AvgIpc) is 2.73. The lowest BCUT2D eigenvalue weighted by Crippen LogP contribution is -2.12. The van der Waals surface area contributed by atoms with Crippen molar-refractivity contribution in [3.05, 3.63) is 35.0 Å². The molecule has 0 aliphatic heterocycles. The van der Waals surface area contributed by atoms with Gasteiger partial charge in [0.15, 0.2) is 0 Å². The summed E-state index contributed by atoms with van der Waals surface area (Å²) in [6, 6.07) is 5.57. The highest BCUT2D eigenvalue weighted by Crippen LogP contribution is 2.40. The summed E-state index contributed by atoms with van der Waals surface area (Å²) in [6.07, 6.45) is 4.96. The molecule has 0 bridgehead atoms. The quantitative estimate of drug-likeness (QED) is 0.920. The van der Waals surface area contributed by atoms with Crippen LogP contribution in [0.2, 0.25) is 0 Å². The lowest BCUT2D eigenvalue weighted by atomic mass is 9.82. The number of carboxylic acids is 1. The summed E-state index contributed by atoms with van der Waals surface area (Å²) in [6.45, 7) is 0. The van der Waals surface area contributed by atoms with E-state index in [-0.39, 0.29) is 0 Å². The third-order valence-corrected chi connectivity index (χ3v) is 4.31. The van der Waals surface area contributed by atoms with Crippen LogP contribution in [0, 0.1) is 0 Å². The second-order valence-corrected chi connectivity index (χ2v) is 5.38. The molecule has 92 valence electrons. The summed E-state index contributed by atoms with van der Waals surface area (Å²) in [5.41, 5.74) is 1.50. The number of hydrogen-bond donors (Lipinski definition) is 1. The van der Waals surface area contributed by atoms with E-state index in [1.54, 1.807) is 6.20 Å². The molecule has 1 N–H and O–H groups in total. The lowest BCUT2D eigenvalue weighted by Gasteiger charge is -2.23. The molecule has 0 saturated heterocycles. The average molecular weight is 260 g/mol. The van der Waals surface area contributed by atoms with E-state index in [0.29, 0.717) is 15.8 Å². The number of nitrogens with zero attached hydrogens (tertiary/aromatic N) is 2. The molecule has 1 saturated carbocycles. The number of thiazole rings is 1. The van der Waals surface area contributed by atoms with E-state index in [0.717, 1.165) is 24.2 Å². The fraction of sp³-hybridized carbons (Fsp3) is 0.308. The van der Waals surface area contributed by atoms with Gasteiger partial charge in [-0.05, 0) is 25.0 Å². The van der Waals surface area contributed by atoms with Crippen LogP contribution in [-0.4, -0.2) is 21.0 Å². The Balaban J connectivity index is 2.04. The molecular weight excluding hydrogens is 248 g/mol. The first-order chi connectivity index (χ1) is 8.75. The topological polar surface area (TPSA) is 63.1 Å². The fourth-order valence-corrected chi connectivity index (χ4v) is 3.01. The van der Waals surface area contributed by atoms with E-state index in [1.165, 1.54) is 17.8 Å². The van der Waals surface area contributed by atoms with Gasteiger partial charge in [-0.15, -0.1) is 11.3 Å². The van der Waals surface area contributed by atoms with Crippen molar-refractivity contribution in [1.29, 1.82) is 0 Å². The maximum Gasteiger partial charge on any atom is 0.347 e. The van der Waals surface area contributed by atoms with Crippen molar-refractivity contribution < 1.29 is 9.90 Å². The zero-order valence-electron chi connectivity index (χ0n) is 9.67. The van der Waals surface area contributed by atoms with Gasteiger partial charge < -0.3 is 5.11 Å². The third-order valence-electron chi connectivity index (χ3n) is 3.22. The highest BCUT2D eigenvalue weighted by Gasteiger charge is 2.29. The summed E-state index contributed by atoms with van der Waals surface area (Å²) in [5, 5.41) is 9.95. The van der Waals surface area contributed by atoms with Crippen molar-refractivity contribution >= 4 is 17.3 Å². The molecule has 1 fully saturated rings. The van der Waals surface area contributed by atoms with Gasteiger partial charge in [-0.25, -0.2) is 9.78 Å². The number of carboxylic acid groups (broad SMARTS) is 1. The normalized spacial score (nSPS) is 15.3. The monoisotopic (exact) mass is 260 g/mol. The van der Waals surface area contributed by atoms with Gasteiger partial charge in [-0.3, -0.25) is 4.98 Å². The first-order valence-corrected chi connectivity index (χ1v) is 6.73. The largest absolute Gasteiger partial charge is 0.477 e. The zero-order chi connectivity index (χ0) is 12.5. The van der Waals surface area contributed by atoms with Crippen LogP contribution in [0.4, 0.5) is 0 Å². The molecule has 0 amide bonds. The second kappa shape index (κ2) is 4.49. The molecule has 18 heavy (non-hydrogen) atoms. The standard InChI is InChI=1S/C13H12N2O2S/c16-13(17)11-10(8-4-3-5-8)15-12(18-11)9-6-1-2-7-14-9/h1-2,6-8H,3-5H2,(H,16,17). The van der Waals surface area contributed by atoms with E-state index in [4.69, 9.17) is 0 Å². The van der Waals surface area contributed by atoms with Crippen molar-refractivity contribution in [2.75, 3.05) is 0 Å². The molecule has 1 aliphatic rings. The van der Waals surface area contributed by atoms with Crippen LogP contribution >= 0.6 is 11.3 Å². The summed E-state index contributed by atoms with van der Waals surface area (Å²) in [7, 11) is 0. The van der Waals surface area contributed by atoms with Crippen molar-refractivity contribution in [3.8, 4) is 10.7 Å². The van der Waals surface area contributed by atoms with Gasteiger partial charge >= 0.3 is 5.97 Å². The molecule has 0 unspecified atom stereocenters. The number of carbonyl (C=O) groups is 1. The number of aromatic carboxylic acids is 1. The predicted molar refractivity (Wildman–Crippen MR) is 68.9 cm³/mol. The SMILES string of the molecule is O=C(O)c1sc(-c2ccccn2)nc1C1CCC1. The third kappa shape index (κ3) is 1.90. The molecule has 4 nitrogen and oxygen atoms in total. The van der Waals surface area contributed by atoms with E-state index >= 15 is 0 Å². The molecular formula is C13H12N2O2S. The van der Waals surface area contributed by atoms with E-state index < -0.39 is 5.97 Å². The Bertz CT molecular complexity index is 576. The lowest BCUT2D eigenvalue weighted by molar-refractivity contribution is 0.0699. The Morgan fingerprint density at radius 2 is 2.22 bits per heavy atom. The minimum absolute atomic E-state index is 0.324. The molecule has 0 spiro atoms. The Morgan fingerprint density at radius 3 is 2.78 bits per heavy atom. The van der Waals surface area contributed by atoms with E-state index in [9.17, 15) is 9.90 Å². The van der Waals surface area contributed by atoms with Crippen LogP contribution in [0.25, 0.3) is 10.7 Å². The summed E-state index contributed by atoms with van der Waals surface area (Å²) >= 11 is 1.23. The van der Waals surface area contributed by atoms with Crippen molar-refractivity contribution in [1.82, 2.24) is 9.97 Å². The highest BCUT2D eigenvalue weighted by molar-refractivity contribution is 7.17. The number of hydrogen-bond acceptors (Lipinski definition) is 4. The molecule has 3 rings (SSSR count). The Morgan fingerprint density at radius 1 is 1.39 bits per heavy atom. The highest BCUT2D eigenvalue weighted by atomic mass is 32.1. The van der Waals surface area contributed by atoms with Crippen molar-refractivity contribution in [2.45, 2.75) is 25.2 Å². The van der Waals surface area contributed by atoms with Crippen LogP contribution in [0.1, 0.15) is 40.5 Å². The fourth-order valence-electron chi connectivity index (χ4n) is 2.04. The zero-order valence-corrected chi connectivity index (χ0v) is 10.5. The van der Waals surface area contributed by atoms with Crippen molar-refractivity contribution in [3.63, 3.8) is 0 Å². The number of rotatable bonds is 3. The van der Waals surface area contributed by atoms with E-state index in [2.05, 4.69) is 9.97 Å². The summed E-state index contributed by atoms with van der Waals surface area (Å²) in [5.74, 6) is -0.554. The van der Waals surface area contributed by atoms with Gasteiger partial charge in [0.05, 0.1) is 11.4 Å². The van der Waals surface area contributed by atoms with Gasteiger partial charge in [-0.1, -0.05) is 12.5 Å². The van der Waals surface area contributed by atoms with Crippen LogP contribution in [0.5, 0.6) is 0 Å². The Labute approximate surface area is 108 Å². The second-order valence-electron chi connectivity index (χ2n) is 4.38. The molecule has 2 aromatic heterocycles. The first-order valence-electron chi connectivity index (χ1n) is 5.91. The van der Waals surface area contributed by atoms with Crippen LogP contribution in [0.15, 0.2) is 24.4 Å².